The minimum atomic E-state index is -0.241. The van der Waals surface area contributed by atoms with Gasteiger partial charge in [-0.25, -0.2) is 0 Å². The van der Waals surface area contributed by atoms with Gasteiger partial charge in [0.2, 0.25) is 0 Å². The van der Waals surface area contributed by atoms with E-state index in [-0.39, 0.29) is 12.4 Å². The molecule has 0 N–H and O–H groups in total. The Morgan fingerprint density at radius 2 is 2.24 bits per heavy atom. The Balaban J connectivity index is 2.16. The number of rotatable bonds is 3. The monoisotopic (exact) mass is 227 g/mol. The van der Waals surface area contributed by atoms with Crippen molar-refractivity contribution in [3.63, 3.8) is 0 Å². The van der Waals surface area contributed by atoms with Crippen LogP contribution in [0, 0.1) is 0 Å². The molecule has 1 aromatic heterocycles. The molecule has 0 saturated carbocycles. The number of carbonyl (C=O) groups is 1. The number of ether oxygens (including phenoxy) is 1. The molecule has 0 unspecified atom stereocenters. The largest absolute Gasteiger partial charge is 0.469 e. The predicted octanol–water partition coefficient (Wildman–Crippen LogP) is 2.81. The fraction of sp³-hybridized carbons (Fsp3) is 0.143. The van der Waals surface area contributed by atoms with Crippen molar-refractivity contribution in [2.24, 2.45) is 0 Å². The molecule has 0 atom stereocenters. The molecular formula is C14H13NO2. The van der Waals surface area contributed by atoms with Crippen LogP contribution in [-0.2, 0) is 9.53 Å². The summed E-state index contributed by atoms with van der Waals surface area (Å²) < 4.78 is 4.55. The average Bonchev–Trinajstić information content (AvgIpc) is 2.38. The van der Waals surface area contributed by atoms with E-state index in [0.717, 1.165) is 16.5 Å². The van der Waals surface area contributed by atoms with Crippen LogP contribution in [0.3, 0.4) is 0 Å². The maximum absolute atomic E-state index is 10.9. The molecular weight excluding hydrogens is 214 g/mol. The topological polar surface area (TPSA) is 39.2 Å². The second kappa shape index (κ2) is 5.25. The first kappa shape index (κ1) is 11.3. The van der Waals surface area contributed by atoms with Gasteiger partial charge in [-0.15, -0.1) is 0 Å². The molecule has 0 fully saturated rings. The maximum Gasteiger partial charge on any atom is 0.309 e. The second-order valence-electron chi connectivity index (χ2n) is 3.64. The first-order valence-electron chi connectivity index (χ1n) is 5.38. The molecule has 0 bridgehead atoms. The smallest absolute Gasteiger partial charge is 0.309 e. The third kappa shape index (κ3) is 2.91. The molecule has 0 aliphatic carbocycles. The predicted molar refractivity (Wildman–Crippen MR) is 67.4 cm³/mol. The van der Waals surface area contributed by atoms with Gasteiger partial charge < -0.3 is 4.74 Å². The number of hydrogen-bond acceptors (Lipinski definition) is 3. The first-order valence-corrected chi connectivity index (χ1v) is 5.38. The van der Waals surface area contributed by atoms with Crippen molar-refractivity contribution >= 4 is 22.9 Å². The lowest BCUT2D eigenvalue weighted by atomic mass is 10.1. The number of hydrogen-bond donors (Lipinski definition) is 0. The van der Waals surface area contributed by atoms with Gasteiger partial charge in [-0.2, -0.15) is 0 Å². The molecule has 1 heterocycles. The van der Waals surface area contributed by atoms with E-state index in [1.54, 1.807) is 12.3 Å². The zero-order valence-corrected chi connectivity index (χ0v) is 9.59. The normalized spacial score (nSPS) is 10.9. The Hall–Kier alpha value is -2.16. The molecule has 0 aliphatic rings. The summed E-state index contributed by atoms with van der Waals surface area (Å²) in [4.78, 5) is 15.3. The highest BCUT2D eigenvalue weighted by Crippen LogP contribution is 2.13. The molecule has 17 heavy (non-hydrogen) atoms. The lowest BCUT2D eigenvalue weighted by Gasteiger charge is -1.98. The molecule has 0 amide bonds. The number of nitrogens with zero attached hydrogens (tertiary/aromatic N) is 1. The maximum atomic E-state index is 10.9. The van der Waals surface area contributed by atoms with Gasteiger partial charge in [0, 0.05) is 11.6 Å². The van der Waals surface area contributed by atoms with Crippen LogP contribution >= 0.6 is 0 Å². The summed E-state index contributed by atoms with van der Waals surface area (Å²) in [5.41, 5.74) is 1.95. The summed E-state index contributed by atoms with van der Waals surface area (Å²) in [6.45, 7) is 0. The van der Waals surface area contributed by atoms with Gasteiger partial charge >= 0.3 is 5.97 Å². The zero-order valence-electron chi connectivity index (χ0n) is 9.59. The molecule has 2 rings (SSSR count). The Bertz CT molecular complexity index is 561. The number of aromatic nitrogens is 1. The Kier molecular flexibility index (Phi) is 3.50. The Morgan fingerprint density at radius 3 is 3.06 bits per heavy atom. The van der Waals surface area contributed by atoms with Crippen LogP contribution < -0.4 is 0 Å². The van der Waals surface area contributed by atoms with Gasteiger partial charge in [0.1, 0.15) is 0 Å². The Morgan fingerprint density at radius 1 is 1.41 bits per heavy atom. The van der Waals surface area contributed by atoms with Crippen LogP contribution in [0.5, 0.6) is 0 Å². The molecule has 3 nitrogen and oxygen atoms in total. The van der Waals surface area contributed by atoms with Crippen molar-refractivity contribution in [3.05, 3.63) is 48.2 Å². The quantitative estimate of drug-likeness (QED) is 0.757. The SMILES string of the molecule is COC(=O)CC=Cc1cnc2ccccc2c1. The lowest BCUT2D eigenvalue weighted by Crippen LogP contribution is -1.96. The number of esters is 1. The van der Waals surface area contributed by atoms with Crippen molar-refractivity contribution < 1.29 is 9.53 Å². The van der Waals surface area contributed by atoms with E-state index in [9.17, 15) is 4.79 Å². The third-order valence-electron chi connectivity index (χ3n) is 2.43. The third-order valence-corrected chi connectivity index (χ3v) is 2.43. The molecule has 0 spiro atoms. The van der Waals surface area contributed by atoms with Gasteiger partial charge in [0.15, 0.2) is 0 Å². The summed E-state index contributed by atoms with van der Waals surface area (Å²) >= 11 is 0. The van der Waals surface area contributed by atoms with E-state index < -0.39 is 0 Å². The van der Waals surface area contributed by atoms with Crippen molar-refractivity contribution in [1.82, 2.24) is 4.98 Å². The molecule has 0 radical (unpaired) electrons. The van der Waals surface area contributed by atoms with Crippen molar-refractivity contribution in [2.75, 3.05) is 7.11 Å². The fourth-order valence-corrected chi connectivity index (χ4v) is 1.55. The number of benzene rings is 1. The zero-order chi connectivity index (χ0) is 12.1. The number of pyridine rings is 1. The van der Waals surface area contributed by atoms with Crippen LogP contribution in [0.25, 0.3) is 17.0 Å². The van der Waals surface area contributed by atoms with Gasteiger partial charge in [0.25, 0.3) is 0 Å². The molecule has 0 aliphatic heterocycles. The molecule has 86 valence electrons. The Labute approximate surface area is 99.7 Å². The summed E-state index contributed by atoms with van der Waals surface area (Å²) in [6.07, 6.45) is 5.72. The summed E-state index contributed by atoms with van der Waals surface area (Å²) in [5, 5.41) is 1.09. The highest BCUT2D eigenvalue weighted by molar-refractivity contribution is 5.80. The van der Waals surface area contributed by atoms with Crippen LogP contribution in [-0.4, -0.2) is 18.1 Å². The minimum Gasteiger partial charge on any atom is -0.469 e. The highest BCUT2D eigenvalue weighted by Gasteiger charge is 1.96. The van der Waals surface area contributed by atoms with Crippen LogP contribution in [0.1, 0.15) is 12.0 Å². The fourth-order valence-electron chi connectivity index (χ4n) is 1.55. The lowest BCUT2D eigenvalue weighted by molar-refractivity contribution is -0.139. The van der Waals surface area contributed by atoms with Crippen LogP contribution in [0.2, 0.25) is 0 Å². The van der Waals surface area contributed by atoms with Crippen molar-refractivity contribution in [3.8, 4) is 0 Å². The van der Waals surface area contributed by atoms with E-state index in [1.807, 2.05) is 36.4 Å². The van der Waals surface area contributed by atoms with E-state index in [0.29, 0.717) is 0 Å². The van der Waals surface area contributed by atoms with Crippen molar-refractivity contribution in [2.45, 2.75) is 6.42 Å². The molecule has 1 aromatic carbocycles. The number of carbonyl (C=O) groups excluding carboxylic acids is 1. The van der Waals surface area contributed by atoms with Gasteiger partial charge in [-0.05, 0) is 17.7 Å². The standard InChI is InChI=1S/C14H13NO2/c1-17-14(16)8-4-5-11-9-12-6-2-3-7-13(12)15-10-11/h2-7,9-10H,8H2,1H3. The number of para-hydroxylation sites is 1. The van der Waals surface area contributed by atoms with E-state index in [4.69, 9.17) is 0 Å². The number of methoxy groups -OCH3 is 1. The van der Waals surface area contributed by atoms with E-state index in [1.165, 1.54) is 7.11 Å². The second-order valence-corrected chi connectivity index (χ2v) is 3.64. The summed E-state index contributed by atoms with van der Waals surface area (Å²) in [6, 6.07) is 9.96. The van der Waals surface area contributed by atoms with E-state index in [2.05, 4.69) is 9.72 Å². The molecule has 2 aromatic rings. The van der Waals surface area contributed by atoms with Crippen LogP contribution in [0.4, 0.5) is 0 Å². The van der Waals surface area contributed by atoms with E-state index >= 15 is 0 Å². The van der Waals surface area contributed by atoms with Gasteiger partial charge in [0.05, 0.1) is 19.0 Å². The minimum absolute atomic E-state index is 0.241. The summed E-state index contributed by atoms with van der Waals surface area (Å²) in [5.74, 6) is -0.241. The average molecular weight is 227 g/mol. The van der Waals surface area contributed by atoms with Crippen LogP contribution in [0.15, 0.2) is 42.6 Å². The highest BCUT2D eigenvalue weighted by atomic mass is 16.5. The molecule has 0 saturated heterocycles. The van der Waals surface area contributed by atoms with Gasteiger partial charge in [-0.3, -0.25) is 9.78 Å². The number of fused-ring (bicyclic) bond motifs is 1. The van der Waals surface area contributed by atoms with Crippen molar-refractivity contribution in [1.29, 1.82) is 0 Å². The first-order chi connectivity index (χ1) is 8.29. The molecule has 3 heteroatoms. The summed E-state index contributed by atoms with van der Waals surface area (Å²) in [7, 11) is 1.38. The van der Waals surface area contributed by atoms with Gasteiger partial charge in [-0.1, -0.05) is 30.4 Å².